The van der Waals surface area contributed by atoms with Gasteiger partial charge in [0.1, 0.15) is 17.9 Å². The van der Waals surface area contributed by atoms with Crippen molar-refractivity contribution in [2.75, 3.05) is 13.1 Å². The molecule has 8 heteroatoms. The highest BCUT2D eigenvalue weighted by molar-refractivity contribution is 5.96. The number of nitrogens with zero attached hydrogens (tertiary/aromatic N) is 4. The van der Waals surface area contributed by atoms with Gasteiger partial charge in [-0.15, -0.1) is 6.42 Å². The molecule has 0 bridgehead atoms. The molecule has 132 valence electrons. The van der Waals surface area contributed by atoms with E-state index in [9.17, 15) is 18.0 Å². The number of terminal acetylenes is 1. The van der Waals surface area contributed by atoms with E-state index in [-0.39, 0.29) is 22.8 Å². The van der Waals surface area contributed by atoms with Gasteiger partial charge in [0.15, 0.2) is 0 Å². The fourth-order valence-electron chi connectivity index (χ4n) is 3.02. The summed E-state index contributed by atoms with van der Waals surface area (Å²) in [6.07, 6.45) is 6.18. The smallest absolute Gasteiger partial charge is 0.337 e. The lowest BCUT2D eigenvalue weighted by molar-refractivity contribution is -0.141. The lowest BCUT2D eigenvalue weighted by Gasteiger charge is -2.19. The Balaban J connectivity index is 1.99. The van der Waals surface area contributed by atoms with E-state index in [0.29, 0.717) is 18.5 Å². The van der Waals surface area contributed by atoms with Crippen LogP contribution in [0.1, 0.15) is 41.9 Å². The first-order valence-corrected chi connectivity index (χ1v) is 8.08. The maximum absolute atomic E-state index is 12.8. The standard InChI is InChI=1S/C17H17F3N4O/c1-2-13-12-10-21-14(16(25)23-7-5-3-4-6-8-23)9-15(12)24(22-13)11-17(18,19)20/h1,9-10H,3-8,11H2. The number of aromatic nitrogens is 3. The average Bonchev–Trinajstić information content (AvgIpc) is 2.75. The summed E-state index contributed by atoms with van der Waals surface area (Å²) in [5, 5.41) is 4.15. The topological polar surface area (TPSA) is 51.0 Å². The summed E-state index contributed by atoms with van der Waals surface area (Å²) in [6, 6.07) is 1.35. The summed E-state index contributed by atoms with van der Waals surface area (Å²) in [4.78, 5) is 18.5. The largest absolute Gasteiger partial charge is 0.408 e. The van der Waals surface area contributed by atoms with Gasteiger partial charge < -0.3 is 4.90 Å². The van der Waals surface area contributed by atoms with E-state index in [2.05, 4.69) is 16.0 Å². The number of amides is 1. The number of carbonyl (C=O) groups is 1. The van der Waals surface area contributed by atoms with E-state index >= 15 is 0 Å². The molecule has 0 aromatic carbocycles. The Kier molecular flexibility index (Phi) is 4.66. The zero-order valence-corrected chi connectivity index (χ0v) is 13.5. The number of hydrogen-bond donors (Lipinski definition) is 0. The van der Waals surface area contributed by atoms with Crippen LogP contribution in [0.2, 0.25) is 0 Å². The van der Waals surface area contributed by atoms with Crippen LogP contribution in [-0.4, -0.2) is 44.8 Å². The van der Waals surface area contributed by atoms with Gasteiger partial charge in [0.2, 0.25) is 0 Å². The maximum atomic E-state index is 12.8. The lowest BCUT2D eigenvalue weighted by atomic mass is 10.2. The molecule has 1 saturated heterocycles. The summed E-state index contributed by atoms with van der Waals surface area (Å²) in [5.41, 5.74) is 0.361. The number of halogens is 3. The predicted octanol–water partition coefficient (Wildman–Crippen LogP) is 2.99. The van der Waals surface area contributed by atoms with Gasteiger partial charge in [-0.3, -0.25) is 14.5 Å². The molecule has 1 aliphatic rings. The first-order valence-electron chi connectivity index (χ1n) is 8.08. The van der Waals surface area contributed by atoms with Crippen LogP contribution in [0.3, 0.4) is 0 Å². The quantitative estimate of drug-likeness (QED) is 0.783. The van der Waals surface area contributed by atoms with Crippen molar-refractivity contribution in [1.82, 2.24) is 19.7 Å². The SMILES string of the molecule is C#Cc1nn(CC(F)(F)F)c2cc(C(=O)N3CCCCCC3)ncc12. The number of carbonyl (C=O) groups excluding carboxylic acids is 1. The van der Waals surface area contributed by atoms with Gasteiger partial charge in [-0.2, -0.15) is 18.3 Å². The number of pyridine rings is 1. The molecular weight excluding hydrogens is 333 g/mol. The van der Waals surface area contributed by atoms with Crippen LogP contribution in [0.25, 0.3) is 10.9 Å². The van der Waals surface area contributed by atoms with Crippen LogP contribution in [-0.2, 0) is 6.54 Å². The van der Waals surface area contributed by atoms with Gasteiger partial charge in [-0.05, 0) is 24.8 Å². The van der Waals surface area contributed by atoms with E-state index in [1.807, 2.05) is 0 Å². The van der Waals surface area contributed by atoms with Gasteiger partial charge in [0, 0.05) is 19.3 Å². The summed E-state index contributed by atoms with van der Waals surface area (Å²) < 4.78 is 39.1. The number of likely N-dealkylation sites (tertiary alicyclic amines) is 1. The van der Waals surface area contributed by atoms with Crippen LogP contribution in [0.15, 0.2) is 12.3 Å². The third kappa shape index (κ3) is 3.76. The zero-order valence-electron chi connectivity index (χ0n) is 13.5. The molecule has 0 unspecified atom stereocenters. The fourth-order valence-corrected chi connectivity index (χ4v) is 3.02. The number of fused-ring (bicyclic) bond motifs is 1. The molecule has 5 nitrogen and oxygen atoms in total. The minimum atomic E-state index is -4.44. The molecule has 3 heterocycles. The van der Waals surface area contributed by atoms with E-state index in [1.165, 1.54) is 12.3 Å². The second kappa shape index (κ2) is 6.75. The molecule has 1 aliphatic heterocycles. The van der Waals surface area contributed by atoms with Crippen LogP contribution in [0, 0.1) is 12.3 Å². The molecule has 0 aliphatic carbocycles. The van der Waals surface area contributed by atoms with Gasteiger partial charge in [-0.25, -0.2) is 0 Å². The van der Waals surface area contributed by atoms with E-state index < -0.39 is 12.7 Å². The van der Waals surface area contributed by atoms with Gasteiger partial charge in [0.05, 0.1) is 10.9 Å². The Morgan fingerprint density at radius 2 is 1.92 bits per heavy atom. The first-order chi connectivity index (χ1) is 11.9. The monoisotopic (exact) mass is 350 g/mol. The van der Waals surface area contributed by atoms with E-state index in [4.69, 9.17) is 6.42 Å². The predicted molar refractivity (Wildman–Crippen MR) is 85.9 cm³/mol. The van der Waals surface area contributed by atoms with Crippen molar-refractivity contribution in [3.8, 4) is 12.3 Å². The van der Waals surface area contributed by atoms with Gasteiger partial charge >= 0.3 is 6.18 Å². The molecule has 3 rings (SSSR count). The van der Waals surface area contributed by atoms with Crippen molar-refractivity contribution in [3.63, 3.8) is 0 Å². The molecule has 2 aromatic heterocycles. The maximum Gasteiger partial charge on any atom is 0.408 e. The van der Waals surface area contributed by atoms with Crippen LogP contribution in [0.5, 0.6) is 0 Å². The second-order valence-corrected chi connectivity index (χ2v) is 6.06. The van der Waals surface area contributed by atoms with Crippen LogP contribution >= 0.6 is 0 Å². The van der Waals surface area contributed by atoms with E-state index in [0.717, 1.165) is 30.4 Å². The summed E-state index contributed by atoms with van der Waals surface area (Å²) in [5.74, 6) is 1.99. The molecule has 0 radical (unpaired) electrons. The molecule has 25 heavy (non-hydrogen) atoms. The zero-order chi connectivity index (χ0) is 18.0. The normalized spacial score (nSPS) is 15.8. The van der Waals surface area contributed by atoms with Crippen molar-refractivity contribution in [3.05, 3.63) is 23.7 Å². The van der Waals surface area contributed by atoms with Crippen molar-refractivity contribution >= 4 is 16.8 Å². The number of rotatable bonds is 2. The highest BCUT2D eigenvalue weighted by atomic mass is 19.4. The Morgan fingerprint density at radius 3 is 2.52 bits per heavy atom. The summed E-state index contributed by atoms with van der Waals surface area (Å²) >= 11 is 0. The second-order valence-electron chi connectivity index (χ2n) is 6.06. The van der Waals surface area contributed by atoms with Crippen molar-refractivity contribution in [2.24, 2.45) is 0 Å². The summed E-state index contributed by atoms with van der Waals surface area (Å²) in [7, 11) is 0. The third-order valence-electron chi connectivity index (χ3n) is 4.21. The molecule has 0 N–H and O–H groups in total. The summed E-state index contributed by atoms with van der Waals surface area (Å²) in [6.45, 7) is -0.00151. The molecular formula is C17H17F3N4O. The molecule has 0 spiro atoms. The van der Waals surface area contributed by atoms with Crippen molar-refractivity contribution < 1.29 is 18.0 Å². The first kappa shape index (κ1) is 17.3. The molecule has 0 atom stereocenters. The lowest BCUT2D eigenvalue weighted by Crippen LogP contribution is -2.32. The van der Waals surface area contributed by atoms with Crippen LogP contribution < -0.4 is 0 Å². The van der Waals surface area contributed by atoms with Gasteiger partial charge in [0.25, 0.3) is 5.91 Å². The Morgan fingerprint density at radius 1 is 1.24 bits per heavy atom. The average molecular weight is 350 g/mol. The highest BCUT2D eigenvalue weighted by Crippen LogP contribution is 2.24. The van der Waals surface area contributed by atoms with E-state index in [1.54, 1.807) is 4.90 Å². The minimum Gasteiger partial charge on any atom is -0.337 e. The Labute approximate surface area is 142 Å². The molecule has 2 aromatic rings. The highest BCUT2D eigenvalue weighted by Gasteiger charge is 2.30. The third-order valence-corrected chi connectivity index (χ3v) is 4.21. The van der Waals surface area contributed by atoms with Crippen molar-refractivity contribution in [2.45, 2.75) is 38.4 Å². The minimum absolute atomic E-state index is 0.0838. The fraction of sp³-hybridized carbons (Fsp3) is 0.471. The van der Waals surface area contributed by atoms with Gasteiger partial charge in [-0.1, -0.05) is 12.8 Å². The number of hydrogen-bond acceptors (Lipinski definition) is 3. The molecule has 1 fully saturated rings. The molecule has 1 amide bonds. The Hall–Kier alpha value is -2.56. The number of alkyl halides is 3. The molecule has 0 saturated carbocycles. The van der Waals surface area contributed by atoms with Crippen molar-refractivity contribution in [1.29, 1.82) is 0 Å². The van der Waals surface area contributed by atoms with Crippen LogP contribution in [0.4, 0.5) is 13.2 Å². The Bertz CT molecular complexity index is 827.